The third-order valence-electron chi connectivity index (χ3n) is 7.45. The number of nitrogens with one attached hydrogen (secondary N) is 2. The molecule has 1 fully saturated rings. The summed E-state index contributed by atoms with van der Waals surface area (Å²) >= 11 is 0. The SMILES string of the molecule is CCC(CC)OC(=O)NC1(C(=O)N[C@@H]2CC(=O)c3ccccc3N(Cc3cc(C(F)(F)F)cc(C(F)(F)F)c3)C2=O)CC1. The van der Waals surface area contributed by atoms with Gasteiger partial charge in [-0.15, -0.1) is 0 Å². The van der Waals surface area contributed by atoms with Crippen LogP contribution in [0.25, 0.3) is 0 Å². The van der Waals surface area contributed by atoms with E-state index >= 15 is 0 Å². The molecule has 0 aromatic heterocycles. The van der Waals surface area contributed by atoms with Crippen LogP contribution in [-0.4, -0.2) is 41.4 Å². The molecule has 0 bridgehead atoms. The van der Waals surface area contributed by atoms with Crippen LogP contribution in [0.4, 0.5) is 36.8 Å². The van der Waals surface area contributed by atoms with Crippen LogP contribution in [0.1, 0.15) is 73.0 Å². The van der Waals surface area contributed by atoms with E-state index in [0.29, 0.717) is 25.0 Å². The molecule has 0 unspecified atom stereocenters. The number of anilines is 1. The summed E-state index contributed by atoms with van der Waals surface area (Å²) in [6.07, 6.45) is -10.4. The lowest BCUT2D eigenvalue weighted by molar-refractivity contribution is -0.143. The summed E-state index contributed by atoms with van der Waals surface area (Å²) in [4.78, 5) is 53.4. The maximum Gasteiger partial charge on any atom is 0.416 e. The van der Waals surface area contributed by atoms with Gasteiger partial charge in [-0.05, 0) is 61.6 Å². The number of alkyl carbamates (subject to hydrolysis) is 1. The van der Waals surface area contributed by atoms with Crippen LogP contribution >= 0.6 is 0 Å². The second-order valence-electron chi connectivity index (χ2n) is 10.6. The van der Waals surface area contributed by atoms with Crippen LogP contribution in [0.3, 0.4) is 0 Å². The Labute approximate surface area is 242 Å². The van der Waals surface area contributed by atoms with Gasteiger partial charge in [-0.1, -0.05) is 26.0 Å². The highest BCUT2D eigenvalue weighted by Gasteiger charge is 2.53. The molecule has 14 heteroatoms. The molecule has 8 nitrogen and oxygen atoms in total. The molecule has 43 heavy (non-hydrogen) atoms. The van der Waals surface area contributed by atoms with Crippen LogP contribution in [0.2, 0.25) is 0 Å². The zero-order chi connectivity index (χ0) is 31.7. The van der Waals surface area contributed by atoms with Crippen molar-refractivity contribution in [1.29, 1.82) is 0 Å². The standard InChI is InChI=1S/C29H29F6N3O5/c1-3-19(4-2)43-26(42)37-27(9-10-27)25(41)36-21-14-23(39)20-7-5-6-8-22(20)38(24(21)40)15-16-11-17(28(30,31)32)13-18(12-16)29(33,34)35/h5-8,11-13,19,21H,3-4,9-10,14-15H2,1-2H3,(H,36,41)(H,37,42)/t21-/m1/s1. The number of carbonyl (C=O) groups excluding carboxylic acids is 4. The fraction of sp³-hybridized carbons (Fsp3) is 0.448. The minimum Gasteiger partial charge on any atom is -0.446 e. The van der Waals surface area contributed by atoms with E-state index < -0.39 is 77.3 Å². The average molecular weight is 614 g/mol. The van der Waals surface area contributed by atoms with Crippen molar-refractivity contribution >= 4 is 29.4 Å². The van der Waals surface area contributed by atoms with Gasteiger partial charge in [0.2, 0.25) is 11.8 Å². The number of hydrogen-bond acceptors (Lipinski definition) is 5. The zero-order valence-electron chi connectivity index (χ0n) is 23.2. The van der Waals surface area contributed by atoms with Crippen molar-refractivity contribution in [2.45, 2.75) is 82.5 Å². The summed E-state index contributed by atoms with van der Waals surface area (Å²) in [6.45, 7) is 2.89. The minimum absolute atomic E-state index is 0.00336. The molecule has 2 aliphatic rings. The molecule has 2 N–H and O–H groups in total. The average Bonchev–Trinajstić information content (AvgIpc) is 3.73. The predicted molar refractivity (Wildman–Crippen MR) is 141 cm³/mol. The number of hydrogen-bond donors (Lipinski definition) is 2. The minimum atomic E-state index is -5.11. The number of fused-ring (bicyclic) bond motifs is 1. The fourth-order valence-electron chi connectivity index (χ4n) is 4.87. The Morgan fingerprint density at radius 1 is 0.977 bits per heavy atom. The summed E-state index contributed by atoms with van der Waals surface area (Å²) < 4.78 is 86.2. The van der Waals surface area contributed by atoms with Crippen molar-refractivity contribution in [1.82, 2.24) is 10.6 Å². The molecule has 0 saturated heterocycles. The largest absolute Gasteiger partial charge is 0.446 e. The third-order valence-corrected chi connectivity index (χ3v) is 7.45. The summed E-state index contributed by atoms with van der Waals surface area (Å²) in [7, 11) is 0. The fourth-order valence-corrected chi connectivity index (χ4v) is 4.87. The molecule has 0 spiro atoms. The van der Waals surface area contributed by atoms with Gasteiger partial charge in [-0.2, -0.15) is 26.3 Å². The van der Waals surface area contributed by atoms with E-state index in [9.17, 15) is 45.5 Å². The number of ketones is 1. The molecular formula is C29H29F6N3O5. The van der Waals surface area contributed by atoms with Crippen LogP contribution in [0.15, 0.2) is 42.5 Å². The number of para-hydroxylation sites is 1. The first-order valence-electron chi connectivity index (χ1n) is 13.6. The highest BCUT2D eigenvalue weighted by atomic mass is 19.4. The lowest BCUT2D eigenvalue weighted by Crippen LogP contribution is -2.56. The van der Waals surface area contributed by atoms with E-state index in [0.717, 1.165) is 4.90 Å². The predicted octanol–water partition coefficient (Wildman–Crippen LogP) is 5.78. The molecular weight excluding hydrogens is 584 g/mol. The second kappa shape index (κ2) is 11.9. The van der Waals surface area contributed by atoms with E-state index in [1.165, 1.54) is 24.3 Å². The molecule has 2 aromatic rings. The number of alkyl halides is 6. The first-order valence-corrected chi connectivity index (χ1v) is 13.6. The van der Waals surface area contributed by atoms with Gasteiger partial charge in [0.1, 0.15) is 17.7 Å². The Bertz CT molecular complexity index is 1380. The Morgan fingerprint density at radius 2 is 1.56 bits per heavy atom. The first kappa shape index (κ1) is 31.8. The summed E-state index contributed by atoms with van der Waals surface area (Å²) in [5, 5.41) is 4.98. The molecule has 232 valence electrons. The Kier molecular flexibility index (Phi) is 8.80. The van der Waals surface area contributed by atoms with Gasteiger partial charge in [0.05, 0.1) is 23.4 Å². The second-order valence-corrected chi connectivity index (χ2v) is 10.6. The molecule has 1 heterocycles. The Morgan fingerprint density at radius 3 is 2.09 bits per heavy atom. The smallest absolute Gasteiger partial charge is 0.416 e. The maximum atomic E-state index is 13.8. The van der Waals surface area contributed by atoms with Gasteiger partial charge in [0.15, 0.2) is 5.78 Å². The summed E-state index contributed by atoms with van der Waals surface area (Å²) in [5.41, 5.74) is -5.03. The molecule has 1 aliphatic carbocycles. The maximum absolute atomic E-state index is 13.8. The molecule has 0 radical (unpaired) electrons. The van der Waals surface area contributed by atoms with Crippen molar-refractivity contribution in [3.8, 4) is 0 Å². The molecule has 1 atom stereocenters. The van der Waals surface area contributed by atoms with Gasteiger partial charge < -0.3 is 20.3 Å². The van der Waals surface area contributed by atoms with Crippen molar-refractivity contribution in [3.05, 3.63) is 64.7 Å². The van der Waals surface area contributed by atoms with Crippen molar-refractivity contribution in [3.63, 3.8) is 0 Å². The topological polar surface area (TPSA) is 105 Å². The van der Waals surface area contributed by atoms with Gasteiger partial charge in [0.25, 0.3) is 0 Å². The molecule has 1 saturated carbocycles. The number of carbonyl (C=O) groups is 4. The van der Waals surface area contributed by atoms with Crippen LogP contribution < -0.4 is 15.5 Å². The zero-order valence-corrected chi connectivity index (χ0v) is 23.2. The van der Waals surface area contributed by atoms with E-state index in [4.69, 9.17) is 4.74 Å². The Hall–Kier alpha value is -4.10. The quantitative estimate of drug-likeness (QED) is 0.368. The van der Waals surface area contributed by atoms with E-state index in [2.05, 4.69) is 10.6 Å². The third kappa shape index (κ3) is 7.11. The number of Topliss-reactive ketones (excluding diaryl/α,β-unsaturated/α-hetero) is 1. The van der Waals surface area contributed by atoms with Gasteiger partial charge in [-0.25, -0.2) is 4.79 Å². The number of nitrogens with zero attached hydrogens (tertiary/aromatic N) is 1. The van der Waals surface area contributed by atoms with Gasteiger partial charge >= 0.3 is 18.4 Å². The molecule has 1 aliphatic heterocycles. The number of halogens is 6. The molecule has 3 amide bonds. The summed E-state index contributed by atoms with van der Waals surface area (Å²) in [6, 6.07) is 5.10. The van der Waals surface area contributed by atoms with Gasteiger partial charge in [-0.3, -0.25) is 14.4 Å². The van der Waals surface area contributed by atoms with E-state index in [-0.39, 0.29) is 36.3 Å². The van der Waals surface area contributed by atoms with Gasteiger partial charge in [0, 0.05) is 12.0 Å². The lowest BCUT2D eigenvalue weighted by atomic mass is 10.0. The molecule has 4 rings (SSSR count). The van der Waals surface area contributed by atoms with Crippen molar-refractivity contribution in [2.24, 2.45) is 0 Å². The highest BCUT2D eigenvalue weighted by molar-refractivity contribution is 6.13. The highest BCUT2D eigenvalue weighted by Crippen LogP contribution is 2.39. The van der Waals surface area contributed by atoms with Crippen LogP contribution in [0.5, 0.6) is 0 Å². The lowest BCUT2D eigenvalue weighted by Gasteiger charge is -2.28. The number of ether oxygens (including phenoxy) is 1. The van der Waals surface area contributed by atoms with Crippen molar-refractivity contribution in [2.75, 3.05) is 4.90 Å². The number of amides is 3. The van der Waals surface area contributed by atoms with Crippen LogP contribution in [0, 0.1) is 0 Å². The summed E-state index contributed by atoms with van der Waals surface area (Å²) in [5.74, 6) is -2.28. The first-order chi connectivity index (χ1) is 20.1. The van der Waals surface area contributed by atoms with Crippen molar-refractivity contribution < 1.29 is 50.3 Å². The number of rotatable bonds is 8. The van der Waals surface area contributed by atoms with Crippen LogP contribution in [-0.2, 0) is 33.2 Å². The number of benzene rings is 2. The van der Waals surface area contributed by atoms with E-state index in [1.807, 2.05) is 13.8 Å². The normalized spacial score (nSPS) is 18.2. The Balaban J connectivity index is 1.64. The molecule has 2 aromatic carbocycles. The monoisotopic (exact) mass is 613 g/mol. The van der Waals surface area contributed by atoms with E-state index in [1.54, 1.807) is 0 Å².